The summed E-state index contributed by atoms with van der Waals surface area (Å²) >= 11 is 0. The molecule has 70 heavy (non-hydrogen) atoms. The number of benzene rings is 11. The zero-order valence-corrected chi connectivity index (χ0v) is 40.7. The van der Waals surface area contributed by atoms with Crippen molar-refractivity contribution in [3.63, 3.8) is 0 Å². The topological polar surface area (TPSA) is 12.5 Å². The Balaban J connectivity index is 1.02. The maximum absolute atomic E-state index is 7.13. The molecule has 0 N–H and O–H groups in total. The number of aryl methyl sites for hydroxylation is 2. The van der Waals surface area contributed by atoms with Crippen LogP contribution < -0.4 is 30.4 Å². The van der Waals surface area contributed by atoms with E-state index in [9.17, 15) is 0 Å². The van der Waals surface area contributed by atoms with Gasteiger partial charge in [-0.3, -0.25) is 0 Å². The number of hydrogen-bond acceptors (Lipinski definition) is 2. The molecule has 14 rings (SSSR count). The maximum Gasteiger partial charge on any atom is 0.180 e. The molecule has 2 nitrogen and oxygen atoms in total. The molecular weight excluding hydrogens is 863 g/mol. The van der Waals surface area contributed by atoms with Crippen molar-refractivity contribution in [3.05, 3.63) is 247 Å². The van der Waals surface area contributed by atoms with Crippen molar-refractivity contribution in [2.75, 3.05) is 4.90 Å². The monoisotopic (exact) mass is 911 g/mol. The minimum atomic E-state index is -2.82. The van der Waals surface area contributed by atoms with Gasteiger partial charge in [0.05, 0.1) is 11.4 Å². The van der Waals surface area contributed by atoms with E-state index in [0.29, 0.717) is 0 Å². The van der Waals surface area contributed by atoms with E-state index in [1.807, 2.05) is 0 Å². The predicted molar refractivity (Wildman–Crippen MR) is 297 cm³/mol. The third-order valence-corrected chi connectivity index (χ3v) is 20.8. The Labute approximate surface area is 410 Å². The number of rotatable bonds is 5. The van der Waals surface area contributed by atoms with Crippen LogP contribution >= 0.6 is 0 Å². The van der Waals surface area contributed by atoms with Gasteiger partial charge in [0.2, 0.25) is 0 Å². The Kier molecular flexibility index (Phi) is 8.82. The molecule has 0 saturated carbocycles. The summed E-state index contributed by atoms with van der Waals surface area (Å²) in [5.41, 5.74) is 18.4. The van der Waals surface area contributed by atoms with Crippen LogP contribution in [-0.4, -0.2) is 8.07 Å². The number of hydrogen-bond donors (Lipinski definition) is 0. The molecule has 0 spiro atoms. The predicted octanol–water partition coefficient (Wildman–Crippen LogP) is 15.2. The largest absolute Gasteiger partial charge is 0.452 e. The molecule has 3 heteroatoms. The van der Waals surface area contributed by atoms with E-state index in [1.165, 1.54) is 98.3 Å². The molecule has 1 aliphatic carbocycles. The lowest BCUT2D eigenvalue weighted by molar-refractivity contribution is 0.482. The quantitative estimate of drug-likeness (QED) is 0.160. The second-order valence-electron chi connectivity index (χ2n) is 20.1. The average molecular weight is 912 g/mol. The zero-order valence-electron chi connectivity index (χ0n) is 39.7. The Morgan fingerprint density at radius 2 is 1.06 bits per heavy atom. The van der Waals surface area contributed by atoms with Crippen LogP contribution in [0, 0.1) is 13.8 Å². The normalized spacial score (nSPS) is 14.3. The van der Waals surface area contributed by atoms with Crippen LogP contribution in [0.25, 0.3) is 66.1 Å². The molecule has 0 fully saturated rings. The third kappa shape index (κ3) is 5.67. The summed E-state index contributed by atoms with van der Waals surface area (Å²) in [7, 11) is -2.82. The fourth-order valence-corrected chi connectivity index (χ4v) is 18.0. The summed E-state index contributed by atoms with van der Waals surface area (Å²) in [6.07, 6.45) is 0. The van der Waals surface area contributed by atoms with E-state index in [4.69, 9.17) is 4.74 Å². The van der Waals surface area contributed by atoms with E-state index in [-0.39, 0.29) is 5.41 Å². The van der Waals surface area contributed by atoms with Crippen LogP contribution in [0.3, 0.4) is 0 Å². The van der Waals surface area contributed by atoms with Crippen LogP contribution in [0.1, 0.15) is 36.1 Å². The molecule has 11 aromatic carbocycles. The van der Waals surface area contributed by atoms with E-state index in [2.05, 4.69) is 257 Å². The first-order valence-corrected chi connectivity index (χ1v) is 26.6. The first kappa shape index (κ1) is 40.8. The lowest BCUT2D eigenvalue weighted by Gasteiger charge is -2.35. The van der Waals surface area contributed by atoms with E-state index in [1.54, 1.807) is 0 Å². The molecule has 0 amide bonds. The zero-order chi connectivity index (χ0) is 46.9. The van der Waals surface area contributed by atoms with Gasteiger partial charge in [-0.25, -0.2) is 0 Å². The van der Waals surface area contributed by atoms with Crippen molar-refractivity contribution in [3.8, 4) is 56.0 Å². The highest BCUT2D eigenvalue weighted by Crippen LogP contribution is 2.57. The van der Waals surface area contributed by atoms with Gasteiger partial charge in [-0.2, -0.15) is 0 Å². The van der Waals surface area contributed by atoms with Gasteiger partial charge in [0.25, 0.3) is 0 Å². The first-order chi connectivity index (χ1) is 34.3. The summed E-state index contributed by atoms with van der Waals surface area (Å²) in [4.78, 5) is 2.46. The molecule has 0 atom stereocenters. The van der Waals surface area contributed by atoms with Gasteiger partial charge in [-0.05, 0) is 154 Å². The molecule has 2 aliphatic heterocycles. The van der Waals surface area contributed by atoms with E-state index in [0.717, 1.165) is 39.3 Å². The van der Waals surface area contributed by atoms with Crippen molar-refractivity contribution in [2.45, 2.75) is 33.1 Å². The highest BCUT2D eigenvalue weighted by atomic mass is 28.3. The van der Waals surface area contributed by atoms with Gasteiger partial charge in [0.1, 0.15) is 0 Å². The summed E-state index contributed by atoms with van der Waals surface area (Å²) < 4.78 is 7.13. The van der Waals surface area contributed by atoms with Crippen molar-refractivity contribution in [1.82, 2.24) is 0 Å². The number of anilines is 3. The van der Waals surface area contributed by atoms with Crippen molar-refractivity contribution in [1.29, 1.82) is 0 Å². The molecule has 332 valence electrons. The van der Waals surface area contributed by atoms with Crippen LogP contribution in [-0.2, 0) is 5.41 Å². The molecule has 3 aliphatic rings. The van der Waals surface area contributed by atoms with Gasteiger partial charge >= 0.3 is 0 Å². The second kappa shape index (κ2) is 15.1. The molecule has 11 aromatic rings. The van der Waals surface area contributed by atoms with Gasteiger partial charge in [0.15, 0.2) is 19.6 Å². The molecule has 0 unspecified atom stereocenters. The van der Waals surface area contributed by atoms with Crippen molar-refractivity contribution >= 4 is 67.4 Å². The Hall–Kier alpha value is -8.24. The smallest absolute Gasteiger partial charge is 0.180 e. The van der Waals surface area contributed by atoms with Crippen LogP contribution in [0.2, 0.25) is 0 Å². The summed E-state index contributed by atoms with van der Waals surface area (Å²) in [6.45, 7) is 9.32. The number of fused-ring (bicyclic) bond motifs is 12. The summed E-state index contributed by atoms with van der Waals surface area (Å²) in [6, 6.07) is 84.3. The Morgan fingerprint density at radius 3 is 1.84 bits per heavy atom. The third-order valence-electron chi connectivity index (χ3n) is 16.0. The SMILES string of the molecule is Cc1cc2c(cc1-c1cc3c(cc1C)Oc1c(ccc4ccccc14)N3c1ccc3c(c1)C(C)(C)c1ccccc1-3)-c1c(ccc3c(-c4ccccc4)cccc13)[Si]2(c1ccccc1)c1ccccc1. The lowest BCUT2D eigenvalue weighted by atomic mass is 9.82. The van der Waals surface area contributed by atoms with Crippen molar-refractivity contribution < 1.29 is 4.74 Å². The lowest BCUT2D eigenvalue weighted by Crippen LogP contribution is -2.72. The molecule has 0 bridgehead atoms. The first-order valence-electron chi connectivity index (χ1n) is 24.6. The maximum atomic E-state index is 7.13. The fourth-order valence-electron chi connectivity index (χ4n) is 12.7. The van der Waals surface area contributed by atoms with Gasteiger partial charge in [-0.1, -0.05) is 202 Å². The van der Waals surface area contributed by atoms with Gasteiger partial charge in [-0.15, -0.1) is 0 Å². The summed E-state index contributed by atoms with van der Waals surface area (Å²) in [5, 5.41) is 10.5. The van der Waals surface area contributed by atoms with Gasteiger partial charge in [0, 0.05) is 16.5 Å². The minimum Gasteiger partial charge on any atom is -0.452 e. The van der Waals surface area contributed by atoms with E-state index < -0.39 is 8.07 Å². The molecule has 0 radical (unpaired) electrons. The molecule has 0 saturated heterocycles. The van der Waals surface area contributed by atoms with Gasteiger partial charge < -0.3 is 9.64 Å². The average Bonchev–Trinajstić information content (AvgIpc) is 3.82. The minimum absolute atomic E-state index is 0.149. The molecule has 2 heterocycles. The highest BCUT2D eigenvalue weighted by molar-refractivity contribution is 7.22. The van der Waals surface area contributed by atoms with Crippen molar-refractivity contribution in [2.24, 2.45) is 0 Å². The second-order valence-corrected chi connectivity index (χ2v) is 23.8. The number of ether oxygens (including phenoxy) is 1. The van der Waals surface area contributed by atoms with Crippen LogP contribution in [0.5, 0.6) is 11.5 Å². The van der Waals surface area contributed by atoms with E-state index >= 15 is 0 Å². The summed E-state index contributed by atoms with van der Waals surface area (Å²) in [5.74, 6) is 1.74. The number of nitrogens with zero attached hydrogens (tertiary/aromatic N) is 1. The fraction of sp³-hybridized carbons (Fsp3) is 0.0746. The molecule has 0 aromatic heterocycles. The van der Waals surface area contributed by atoms with Crippen LogP contribution in [0.15, 0.2) is 224 Å². The molecular formula is C67H49NOSi. The standard InChI is InChI=1S/C67H49NOSi/c1-42-37-62-61(68(60-35-31-45-21-14-15-26-50(45)66(60)69-62)46-32-33-53-52-27-16-17-30-58(52)67(3,4)59(53)39-46)41-56(42)55-40-57-64(38-43(55)2)70(47-22-10-6-11-23-47,48-24-12-7-13-25-48)63-36-34-51-49(44-19-8-5-9-20-44)28-18-29-54(51)65(57)63/h5-41H,1-4H3. The van der Waals surface area contributed by atoms with Crippen LogP contribution in [0.4, 0.5) is 17.1 Å². The Morgan fingerprint density at radius 1 is 0.414 bits per heavy atom. The highest BCUT2D eigenvalue weighted by Gasteiger charge is 2.49. The Bertz CT molecular complexity index is 3930.